The molecular weight excluding hydrogens is 504 g/mol. The molecule has 0 bridgehead atoms. The Balaban J connectivity index is 0.00000533. The minimum absolute atomic E-state index is 0. The molecule has 0 aromatic heterocycles. The molecular formula is C32H51ClN6. The number of nitrogens with zero attached hydrogens (tertiary/aromatic N) is 4. The maximum absolute atomic E-state index is 6.24. The fourth-order valence-electron chi connectivity index (χ4n) is 4.92. The van der Waals surface area contributed by atoms with Gasteiger partial charge in [0.15, 0.2) is 0 Å². The predicted molar refractivity (Wildman–Crippen MR) is 173 cm³/mol. The van der Waals surface area contributed by atoms with Crippen molar-refractivity contribution in [2.75, 3.05) is 49.1 Å². The van der Waals surface area contributed by atoms with E-state index in [2.05, 4.69) is 82.2 Å². The Bertz CT molecular complexity index is 897. The minimum Gasteiger partial charge on any atom is -0.384 e. The SMILES string of the molecule is CCCCCCCN=C(N)c1ccc(N2CCN(c3ccc(C(N)=NCCCCCCC)cc3)CC2)cc1.Cl. The lowest BCUT2D eigenvalue weighted by Gasteiger charge is -2.37. The van der Waals surface area contributed by atoms with Crippen molar-refractivity contribution in [3.8, 4) is 0 Å². The maximum atomic E-state index is 6.24. The van der Waals surface area contributed by atoms with Crippen molar-refractivity contribution >= 4 is 35.5 Å². The highest BCUT2D eigenvalue weighted by atomic mass is 35.5. The summed E-state index contributed by atoms with van der Waals surface area (Å²) in [7, 11) is 0. The van der Waals surface area contributed by atoms with Gasteiger partial charge in [-0.25, -0.2) is 0 Å². The van der Waals surface area contributed by atoms with Gasteiger partial charge in [-0.3, -0.25) is 9.98 Å². The van der Waals surface area contributed by atoms with Gasteiger partial charge in [0.2, 0.25) is 0 Å². The molecule has 1 aliphatic rings. The number of amidine groups is 2. The summed E-state index contributed by atoms with van der Waals surface area (Å²) in [6.45, 7) is 10.1. The van der Waals surface area contributed by atoms with Crippen molar-refractivity contribution in [3.63, 3.8) is 0 Å². The van der Waals surface area contributed by atoms with Crippen LogP contribution in [0.5, 0.6) is 0 Å². The van der Waals surface area contributed by atoms with Crippen molar-refractivity contribution in [3.05, 3.63) is 59.7 Å². The second-order valence-electron chi connectivity index (χ2n) is 10.4. The Hall–Kier alpha value is -2.73. The average Bonchev–Trinajstić information content (AvgIpc) is 2.97. The summed E-state index contributed by atoms with van der Waals surface area (Å²) in [6, 6.07) is 17.1. The van der Waals surface area contributed by atoms with E-state index in [1.54, 1.807) is 0 Å². The lowest BCUT2D eigenvalue weighted by Crippen LogP contribution is -2.46. The summed E-state index contributed by atoms with van der Waals surface area (Å²) in [5.74, 6) is 1.30. The van der Waals surface area contributed by atoms with Gasteiger partial charge in [0.1, 0.15) is 11.7 Å². The molecule has 0 amide bonds. The summed E-state index contributed by atoms with van der Waals surface area (Å²) in [4.78, 5) is 14.1. The van der Waals surface area contributed by atoms with E-state index in [0.717, 1.165) is 63.2 Å². The zero-order valence-corrected chi connectivity index (χ0v) is 25.1. The number of rotatable bonds is 16. The molecule has 4 N–H and O–H groups in total. The Morgan fingerprint density at radius 1 is 0.564 bits per heavy atom. The van der Waals surface area contributed by atoms with Gasteiger partial charge in [-0.15, -0.1) is 12.4 Å². The molecule has 1 aliphatic heterocycles. The number of halogens is 1. The molecule has 2 aromatic rings. The van der Waals surface area contributed by atoms with Crippen LogP contribution >= 0.6 is 12.4 Å². The van der Waals surface area contributed by atoms with E-state index in [4.69, 9.17) is 11.5 Å². The highest BCUT2D eigenvalue weighted by molar-refractivity contribution is 5.98. The van der Waals surface area contributed by atoms with Crippen molar-refractivity contribution < 1.29 is 0 Å². The zero-order valence-electron chi connectivity index (χ0n) is 24.3. The zero-order chi connectivity index (χ0) is 27.0. The maximum Gasteiger partial charge on any atom is 0.125 e. The number of anilines is 2. The largest absolute Gasteiger partial charge is 0.384 e. The fraction of sp³-hybridized carbons (Fsp3) is 0.562. The van der Waals surface area contributed by atoms with Gasteiger partial charge in [0, 0.05) is 61.8 Å². The van der Waals surface area contributed by atoms with Gasteiger partial charge in [-0.2, -0.15) is 0 Å². The molecule has 3 rings (SSSR count). The molecule has 7 heteroatoms. The second kappa shape index (κ2) is 18.5. The van der Waals surface area contributed by atoms with E-state index in [1.165, 1.54) is 62.7 Å². The van der Waals surface area contributed by atoms with Crippen LogP contribution in [-0.4, -0.2) is 50.9 Å². The van der Waals surface area contributed by atoms with Crippen molar-refractivity contribution in [1.82, 2.24) is 0 Å². The molecule has 2 aromatic carbocycles. The monoisotopic (exact) mass is 554 g/mol. The van der Waals surface area contributed by atoms with Crippen LogP contribution in [0.2, 0.25) is 0 Å². The molecule has 0 aliphatic carbocycles. The normalized spacial score (nSPS) is 14.4. The number of hydrogen-bond acceptors (Lipinski definition) is 4. The van der Waals surface area contributed by atoms with E-state index >= 15 is 0 Å². The molecule has 1 saturated heterocycles. The Morgan fingerprint density at radius 3 is 1.23 bits per heavy atom. The van der Waals surface area contributed by atoms with Gasteiger partial charge in [0.25, 0.3) is 0 Å². The van der Waals surface area contributed by atoms with Crippen LogP contribution < -0.4 is 21.3 Å². The van der Waals surface area contributed by atoms with E-state index in [0.29, 0.717) is 11.7 Å². The number of piperazine rings is 1. The van der Waals surface area contributed by atoms with Crippen LogP contribution in [0.15, 0.2) is 58.5 Å². The van der Waals surface area contributed by atoms with Crippen molar-refractivity contribution in [1.29, 1.82) is 0 Å². The highest BCUT2D eigenvalue weighted by Gasteiger charge is 2.18. The standard InChI is InChI=1S/C32H50N6.ClH/c1-3-5-7-9-11-21-35-31(33)27-13-17-29(18-14-27)37-23-25-38(26-24-37)30-19-15-28(16-20-30)32(34)36-22-12-10-8-6-4-2;/h13-20H,3-12,21-26H2,1-2H3,(H2,33,35)(H2,34,36);1H. The van der Waals surface area contributed by atoms with Crippen LogP contribution in [0.4, 0.5) is 11.4 Å². The van der Waals surface area contributed by atoms with Crippen LogP contribution in [0, 0.1) is 0 Å². The lowest BCUT2D eigenvalue weighted by molar-refractivity contribution is 0.638. The third-order valence-corrected chi connectivity index (χ3v) is 7.42. The number of benzene rings is 2. The quantitative estimate of drug-likeness (QED) is 0.136. The fourth-order valence-corrected chi connectivity index (χ4v) is 4.92. The van der Waals surface area contributed by atoms with E-state index in [-0.39, 0.29) is 12.4 Å². The summed E-state index contributed by atoms with van der Waals surface area (Å²) >= 11 is 0. The second-order valence-corrected chi connectivity index (χ2v) is 10.4. The van der Waals surface area contributed by atoms with Crippen LogP contribution in [0.3, 0.4) is 0 Å². The third kappa shape index (κ3) is 11.1. The highest BCUT2D eigenvalue weighted by Crippen LogP contribution is 2.22. The van der Waals surface area contributed by atoms with Crippen molar-refractivity contribution in [2.45, 2.75) is 78.1 Å². The number of nitrogens with two attached hydrogens (primary N) is 2. The average molecular weight is 555 g/mol. The van der Waals surface area contributed by atoms with E-state index in [9.17, 15) is 0 Å². The molecule has 0 spiro atoms. The molecule has 6 nitrogen and oxygen atoms in total. The van der Waals surface area contributed by atoms with Gasteiger partial charge in [0.05, 0.1) is 0 Å². The summed E-state index contributed by atoms with van der Waals surface area (Å²) in [5.41, 5.74) is 17.0. The molecule has 1 heterocycles. The Labute approximate surface area is 243 Å². The van der Waals surface area contributed by atoms with Crippen LogP contribution in [-0.2, 0) is 0 Å². The molecule has 39 heavy (non-hydrogen) atoms. The number of unbranched alkanes of at least 4 members (excludes halogenated alkanes) is 8. The molecule has 0 atom stereocenters. The molecule has 0 saturated carbocycles. The van der Waals surface area contributed by atoms with Crippen molar-refractivity contribution in [2.24, 2.45) is 21.5 Å². The Morgan fingerprint density at radius 2 is 0.897 bits per heavy atom. The number of hydrogen-bond donors (Lipinski definition) is 2. The van der Waals surface area contributed by atoms with Gasteiger partial charge >= 0.3 is 0 Å². The smallest absolute Gasteiger partial charge is 0.125 e. The van der Waals surface area contributed by atoms with E-state index < -0.39 is 0 Å². The third-order valence-electron chi connectivity index (χ3n) is 7.42. The topological polar surface area (TPSA) is 83.2 Å². The molecule has 0 radical (unpaired) electrons. The molecule has 0 unspecified atom stereocenters. The van der Waals surface area contributed by atoms with Crippen LogP contribution in [0.25, 0.3) is 0 Å². The Kier molecular flexibility index (Phi) is 15.4. The van der Waals surface area contributed by atoms with E-state index in [1.807, 2.05) is 0 Å². The lowest BCUT2D eigenvalue weighted by atomic mass is 10.1. The molecule has 1 fully saturated rings. The summed E-state index contributed by atoms with van der Waals surface area (Å²) < 4.78 is 0. The van der Waals surface area contributed by atoms with Gasteiger partial charge in [-0.05, 0) is 61.4 Å². The van der Waals surface area contributed by atoms with Crippen LogP contribution in [0.1, 0.15) is 89.2 Å². The number of aliphatic imine (C=N–C) groups is 2. The first-order chi connectivity index (χ1) is 18.6. The first-order valence-corrected chi connectivity index (χ1v) is 14.9. The first kappa shape index (κ1) is 32.5. The first-order valence-electron chi connectivity index (χ1n) is 14.9. The summed E-state index contributed by atoms with van der Waals surface area (Å²) in [5, 5.41) is 0. The molecule has 216 valence electrons. The van der Waals surface area contributed by atoms with Gasteiger partial charge < -0.3 is 21.3 Å². The predicted octanol–water partition coefficient (Wildman–Crippen LogP) is 6.79. The van der Waals surface area contributed by atoms with Gasteiger partial charge in [-0.1, -0.05) is 65.2 Å². The summed E-state index contributed by atoms with van der Waals surface area (Å²) in [6.07, 6.45) is 12.5. The minimum atomic E-state index is 0.